The SMILES string of the molecule is O=C(NCCC1CCN(S(=O)(=O)c2ccccc2)C1)C12CC3CC(CC(C3)C1)C2. The van der Waals surface area contributed by atoms with Gasteiger partial charge in [-0.05, 0) is 87.2 Å². The summed E-state index contributed by atoms with van der Waals surface area (Å²) in [4.78, 5) is 13.4. The number of rotatable bonds is 6. The molecule has 0 spiro atoms. The van der Waals surface area contributed by atoms with Gasteiger partial charge in [0.1, 0.15) is 0 Å². The highest BCUT2D eigenvalue weighted by molar-refractivity contribution is 7.89. The van der Waals surface area contributed by atoms with Gasteiger partial charge >= 0.3 is 0 Å². The Hall–Kier alpha value is -1.40. The van der Waals surface area contributed by atoms with Gasteiger partial charge in [-0.1, -0.05) is 18.2 Å². The van der Waals surface area contributed by atoms with Gasteiger partial charge in [-0.25, -0.2) is 8.42 Å². The van der Waals surface area contributed by atoms with Gasteiger partial charge in [0.25, 0.3) is 0 Å². The first-order chi connectivity index (χ1) is 13.9. The van der Waals surface area contributed by atoms with Crippen molar-refractivity contribution in [2.45, 2.75) is 56.3 Å². The zero-order valence-electron chi connectivity index (χ0n) is 17.1. The highest BCUT2D eigenvalue weighted by Crippen LogP contribution is 2.60. The second-order valence-electron chi connectivity index (χ2n) is 10.1. The van der Waals surface area contributed by atoms with Crippen LogP contribution in [-0.2, 0) is 14.8 Å². The molecule has 1 aromatic carbocycles. The fourth-order valence-electron chi connectivity index (χ4n) is 6.96. The Labute approximate surface area is 174 Å². The van der Waals surface area contributed by atoms with Crippen LogP contribution in [0.25, 0.3) is 0 Å². The predicted molar refractivity (Wildman–Crippen MR) is 112 cm³/mol. The van der Waals surface area contributed by atoms with Crippen molar-refractivity contribution >= 4 is 15.9 Å². The molecule has 6 heteroatoms. The first-order valence-electron chi connectivity index (χ1n) is 11.3. The summed E-state index contributed by atoms with van der Waals surface area (Å²) in [7, 11) is -3.40. The number of nitrogens with one attached hydrogen (secondary N) is 1. The van der Waals surface area contributed by atoms with Crippen LogP contribution in [-0.4, -0.2) is 38.3 Å². The van der Waals surface area contributed by atoms with Crippen LogP contribution in [0, 0.1) is 29.1 Å². The Morgan fingerprint density at radius 2 is 1.66 bits per heavy atom. The maximum Gasteiger partial charge on any atom is 0.243 e. The van der Waals surface area contributed by atoms with Crippen molar-refractivity contribution in [3.63, 3.8) is 0 Å². The highest BCUT2D eigenvalue weighted by Gasteiger charge is 2.54. The summed E-state index contributed by atoms with van der Waals surface area (Å²) in [5.41, 5.74) is -0.0902. The van der Waals surface area contributed by atoms with E-state index < -0.39 is 10.0 Å². The molecular weight excluding hydrogens is 384 g/mol. The third-order valence-electron chi connectivity index (χ3n) is 7.99. The molecule has 1 unspecified atom stereocenters. The monoisotopic (exact) mass is 416 g/mol. The van der Waals surface area contributed by atoms with Gasteiger partial charge in [-0.15, -0.1) is 0 Å². The number of benzene rings is 1. The van der Waals surface area contributed by atoms with Crippen molar-refractivity contribution in [2.24, 2.45) is 29.1 Å². The highest BCUT2D eigenvalue weighted by atomic mass is 32.2. The van der Waals surface area contributed by atoms with E-state index in [4.69, 9.17) is 0 Å². The van der Waals surface area contributed by atoms with E-state index in [0.29, 0.717) is 30.4 Å². The summed E-state index contributed by atoms with van der Waals surface area (Å²) in [6, 6.07) is 8.68. The topological polar surface area (TPSA) is 66.5 Å². The van der Waals surface area contributed by atoms with Crippen LogP contribution in [0.15, 0.2) is 35.2 Å². The number of nitrogens with zero attached hydrogens (tertiary/aromatic N) is 1. The largest absolute Gasteiger partial charge is 0.356 e. The molecule has 5 fully saturated rings. The van der Waals surface area contributed by atoms with Gasteiger partial charge in [0, 0.05) is 25.0 Å². The van der Waals surface area contributed by atoms with Crippen molar-refractivity contribution in [1.82, 2.24) is 9.62 Å². The van der Waals surface area contributed by atoms with Crippen LogP contribution < -0.4 is 5.32 Å². The molecule has 158 valence electrons. The van der Waals surface area contributed by atoms with Crippen molar-refractivity contribution in [3.8, 4) is 0 Å². The van der Waals surface area contributed by atoms with E-state index in [1.54, 1.807) is 28.6 Å². The first kappa shape index (κ1) is 19.6. The molecule has 1 heterocycles. The quantitative estimate of drug-likeness (QED) is 0.773. The average Bonchev–Trinajstić information content (AvgIpc) is 3.17. The van der Waals surface area contributed by atoms with Gasteiger partial charge in [0.2, 0.25) is 15.9 Å². The van der Waals surface area contributed by atoms with Crippen molar-refractivity contribution < 1.29 is 13.2 Å². The fraction of sp³-hybridized carbons (Fsp3) is 0.696. The molecule has 1 N–H and O–H groups in total. The van der Waals surface area contributed by atoms with E-state index in [1.165, 1.54) is 19.3 Å². The number of sulfonamides is 1. The lowest BCUT2D eigenvalue weighted by atomic mass is 9.49. The second-order valence-corrected chi connectivity index (χ2v) is 12.0. The van der Waals surface area contributed by atoms with Gasteiger partial charge in [-0.3, -0.25) is 4.79 Å². The van der Waals surface area contributed by atoms with E-state index in [0.717, 1.165) is 49.9 Å². The minimum atomic E-state index is -3.40. The molecule has 0 aromatic heterocycles. The molecule has 29 heavy (non-hydrogen) atoms. The maximum atomic E-state index is 13.1. The minimum Gasteiger partial charge on any atom is -0.356 e. The molecule has 0 radical (unpaired) electrons. The van der Waals surface area contributed by atoms with Crippen molar-refractivity contribution in [3.05, 3.63) is 30.3 Å². The van der Waals surface area contributed by atoms with Gasteiger partial charge < -0.3 is 5.32 Å². The molecule has 6 rings (SSSR count). The lowest BCUT2D eigenvalue weighted by Crippen LogP contribution is -2.53. The summed E-state index contributed by atoms with van der Waals surface area (Å²) >= 11 is 0. The van der Waals surface area contributed by atoms with Gasteiger partial charge in [0.05, 0.1) is 4.90 Å². The third kappa shape index (κ3) is 3.63. The summed E-state index contributed by atoms with van der Waals surface area (Å²) in [5, 5.41) is 3.24. The molecule has 1 aliphatic heterocycles. The summed E-state index contributed by atoms with van der Waals surface area (Å²) in [5.74, 6) is 2.93. The lowest BCUT2D eigenvalue weighted by Gasteiger charge is -2.55. The Morgan fingerprint density at radius 1 is 1.03 bits per heavy atom. The van der Waals surface area contributed by atoms with E-state index in [9.17, 15) is 13.2 Å². The minimum absolute atomic E-state index is 0.0902. The summed E-state index contributed by atoms with van der Waals surface area (Å²) in [6.07, 6.45) is 9.06. The number of amides is 1. The Kier molecular flexibility index (Phi) is 4.98. The zero-order chi connectivity index (χ0) is 20.1. The number of hydrogen-bond donors (Lipinski definition) is 1. The molecule has 4 bridgehead atoms. The normalized spacial score (nSPS) is 36.4. The Balaban J connectivity index is 1.13. The maximum absolute atomic E-state index is 13.1. The average molecular weight is 417 g/mol. The Morgan fingerprint density at radius 3 is 2.28 bits per heavy atom. The van der Waals surface area contributed by atoms with Crippen LogP contribution in [0.4, 0.5) is 0 Å². The number of carbonyl (C=O) groups excluding carboxylic acids is 1. The number of carbonyl (C=O) groups is 1. The third-order valence-corrected chi connectivity index (χ3v) is 9.87. The van der Waals surface area contributed by atoms with E-state index in [-0.39, 0.29) is 11.3 Å². The molecule has 4 aliphatic carbocycles. The van der Waals surface area contributed by atoms with Crippen LogP contribution in [0.5, 0.6) is 0 Å². The van der Waals surface area contributed by atoms with Gasteiger partial charge in [0.15, 0.2) is 0 Å². The van der Waals surface area contributed by atoms with Crippen LogP contribution in [0.2, 0.25) is 0 Å². The fourth-order valence-corrected chi connectivity index (χ4v) is 8.51. The Bertz CT molecular complexity index is 832. The molecule has 1 aromatic rings. The second kappa shape index (κ2) is 7.38. The summed E-state index contributed by atoms with van der Waals surface area (Å²) < 4.78 is 27.2. The molecule has 1 amide bonds. The smallest absolute Gasteiger partial charge is 0.243 e. The van der Waals surface area contributed by atoms with Gasteiger partial charge in [-0.2, -0.15) is 4.31 Å². The predicted octanol–water partition coefficient (Wildman–Crippen LogP) is 3.42. The molecule has 1 saturated heterocycles. The number of hydrogen-bond acceptors (Lipinski definition) is 3. The molecule has 1 atom stereocenters. The van der Waals surface area contributed by atoms with Crippen LogP contribution in [0.1, 0.15) is 51.4 Å². The molecule has 4 saturated carbocycles. The van der Waals surface area contributed by atoms with Crippen molar-refractivity contribution in [1.29, 1.82) is 0 Å². The van der Waals surface area contributed by atoms with Crippen molar-refractivity contribution in [2.75, 3.05) is 19.6 Å². The van der Waals surface area contributed by atoms with E-state index >= 15 is 0 Å². The summed E-state index contributed by atoms with van der Waals surface area (Å²) in [6.45, 7) is 1.81. The van der Waals surface area contributed by atoms with E-state index in [1.807, 2.05) is 6.07 Å². The van der Waals surface area contributed by atoms with Crippen LogP contribution >= 0.6 is 0 Å². The standard InChI is InChI=1S/C23H32N2O3S/c26-22(23-13-18-10-19(14-23)12-20(11-18)15-23)24-8-6-17-7-9-25(16-17)29(27,28)21-4-2-1-3-5-21/h1-5,17-20H,6-16H2,(H,24,26). The van der Waals surface area contributed by atoms with Crippen LogP contribution in [0.3, 0.4) is 0 Å². The lowest BCUT2D eigenvalue weighted by molar-refractivity contribution is -0.146. The van der Waals surface area contributed by atoms with E-state index in [2.05, 4.69) is 5.32 Å². The molecule has 5 aliphatic rings. The molecule has 5 nitrogen and oxygen atoms in total. The first-order valence-corrected chi connectivity index (χ1v) is 12.7. The zero-order valence-corrected chi connectivity index (χ0v) is 17.9. The molecular formula is C23H32N2O3S.